The summed E-state index contributed by atoms with van der Waals surface area (Å²) in [5.41, 5.74) is 1.04. The fourth-order valence-corrected chi connectivity index (χ4v) is 2.63. The number of carbonyl (C=O) groups is 1. The van der Waals surface area contributed by atoms with Crippen LogP contribution in [0.25, 0.3) is 4.85 Å². The molecule has 2 aliphatic rings. The van der Waals surface area contributed by atoms with Gasteiger partial charge in [-0.3, -0.25) is 14.6 Å². The maximum Gasteiger partial charge on any atom is 0.350 e. The van der Waals surface area contributed by atoms with Gasteiger partial charge in [-0.05, 0) is 12.0 Å². The molecule has 2 amide bonds. The maximum atomic E-state index is 12.2. The van der Waals surface area contributed by atoms with Crippen molar-refractivity contribution in [2.24, 2.45) is 0 Å². The monoisotopic (exact) mass is 257 g/mol. The number of nitrogens with zero attached hydrogens (tertiary/aromatic N) is 3. The van der Waals surface area contributed by atoms with Crippen LogP contribution in [0.5, 0.6) is 0 Å². The molecule has 2 fully saturated rings. The van der Waals surface area contributed by atoms with Crippen LogP contribution in [-0.2, 0) is 11.4 Å². The Morgan fingerprint density at radius 1 is 1.32 bits per heavy atom. The fourth-order valence-electron chi connectivity index (χ4n) is 2.63. The Labute approximate surface area is 112 Å². The topological polar surface area (TPSA) is 37.1 Å². The zero-order valence-electron chi connectivity index (χ0n) is 10.5. The molecule has 0 N–H and O–H groups in total. The summed E-state index contributed by atoms with van der Waals surface area (Å²) in [5.74, 6) is 0. The van der Waals surface area contributed by atoms with Crippen molar-refractivity contribution in [1.29, 1.82) is 0 Å². The number of amides is 2. The van der Waals surface area contributed by atoms with E-state index in [2.05, 4.69) is 4.85 Å². The number of benzene rings is 1. The fraction of sp³-hybridized carbons (Fsp3) is 0.429. The highest BCUT2D eigenvalue weighted by atomic mass is 16.7. The summed E-state index contributed by atoms with van der Waals surface area (Å²) in [6.45, 7) is 8.11. The summed E-state index contributed by atoms with van der Waals surface area (Å²) in [6.07, 6.45) is 1.27. The highest BCUT2D eigenvalue weighted by Gasteiger charge is 2.48. The van der Waals surface area contributed by atoms with E-state index in [9.17, 15) is 4.79 Å². The lowest BCUT2D eigenvalue weighted by Crippen LogP contribution is -2.37. The van der Waals surface area contributed by atoms with Crippen molar-refractivity contribution in [3.8, 4) is 0 Å². The van der Waals surface area contributed by atoms with E-state index in [-0.39, 0.29) is 18.2 Å². The number of hydroxylamine groups is 2. The Kier molecular flexibility index (Phi) is 3.10. The molecule has 98 valence electrons. The van der Waals surface area contributed by atoms with Gasteiger partial charge in [0.2, 0.25) is 0 Å². The molecular weight excluding hydrogens is 242 g/mol. The first kappa shape index (κ1) is 12.0. The van der Waals surface area contributed by atoms with Crippen molar-refractivity contribution in [2.75, 3.05) is 6.54 Å². The minimum absolute atomic E-state index is 0.0919. The Balaban J connectivity index is 1.66. The highest BCUT2D eigenvalue weighted by Crippen LogP contribution is 2.30. The van der Waals surface area contributed by atoms with Gasteiger partial charge in [0.15, 0.2) is 0 Å². The number of carbonyl (C=O) groups excluding carboxylic acids is 1. The van der Waals surface area contributed by atoms with E-state index in [0.717, 1.165) is 18.4 Å². The van der Waals surface area contributed by atoms with Crippen LogP contribution in [0.15, 0.2) is 30.3 Å². The van der Waals surface area contributed by atoms with E-state index in [1.165, 1.54) is 5.06 Å². The molecular formula is C14H15N3O2. The van der Waals surface area contributed by atoms with E-state index in [4.69, 9.17) is 11.4 Å². The molecule has 0 spiro atoms. The van der Waals surface area contributed by atoms with E-state index in [1.807, 2.05) is 30.3 Å². The molecule has 1 aromatic rings. The van der Waals surface area contributed by atoms with Gasteiger partial charge >= 0.3 is 12.2 Å². The van der Waals surface area contributed by atoms with Crippen LogP contribution in [0.4, 0.5) is 4.79 Å². The first-order valence-electron chi connectivity index (χ1n) is 6.43. The molecule has 2 aliphatic heterocycles. The van der Waals surface area contributed by atoms with Crippen molar-refractivity contribution < 1.29 is 9.63 Å². The number of rotatable bonds is 3. The number of hydrogen-bond acceptors (Lipinski definition) is 2. The Morgan fingerprint density at radius 2 is 2.11 bits per heavy atom. The molecule has 2 saturated heterocycles. The molecule has 5 nitrogen and oxygen atoms in total. The minimum atomic E-state index is -0.311. The highest BCUT2D eigenvalue weighted by molar-refractivity contribution is 5.77. The van der Waals surface area contributed by atoms with Gasteiger partial charge in [0.1, 0.15) is 6.61 Å². The smallest absolute Gasteiger partial charge is 0.290 e. The van der Waals surface area contributed by atoms with Crippen LogP contribution < -0.4 is 0 Å². The van der Waals surface area contributed by atoms with Crippen LogP contribution in [-0.4, -0.2) is 34.7 Å². The quantitative estimate of drug-likeness (QED) is 0.779. The normalized spacial score (nSPS) is 25.5. The minimum Gasteiger partial charge on any atom is -0.290 e. The molecule has 2 bridgehead atoms. The lowest BCUT2D eigenvalue weighted by atomic mass is 10.1. The van der Waals surface area contributed by atoms with E-state index in [0.29, 0.717) is 13.2 Å². The molecule has 2 heterocycles. The third-order valence-electron chi connectivity index (χ3n) is 3.65. The predicted octanol–water partition coefficient (Wildman–Crippen LogP) is 2.26. The number of hydrogen-bond donors (Lipinski definition) is 0. The van der Waals surface area contributed by atoms with Gasteiger partial charge in [0, 0.05) is 6.42 Å². The zero-order valence-corrected chi connectivity index (χ0v) is 10.5. The summed E-state index contributed by atoms with van der Waals surface area (Å²) in [5, 5.41) is 1.46. The van der Waals surface area contributed by atoms with Gasteiger partial charge in [-0.2, -0.15) is 5.06 Å². The average Bonchev–Trinajstić information content (AvgIpc) is 2.71. The largest absolute Gasteiger partial charge is 0.350 e. The molecule has 3 rings (SSSR count). The van der Waals surface area contributed by atoms with Gasteiger partial charge in [-0.25, -0.2) is 11.4 Å². The molecule has 1 aromatic carbocycles. The van der Waals surface area contributed by atoms with Gasteiger partial charge in [-0.15, -0.1) is 0 Å². The molecule has 0 aliphatic carbocycles. The summed E-state index contributed by atoms with van der Waals surface area (Å²) in [4.78, 5) is 22.9. The van der Waals surface area contributed by atoms with Gasteiger partial charge < -0.3 is 0 Å². The number of urea groups is 1. The molecule has 0 aromatic heterocycles. The second-order valence-corrected chi connectivity index (χ2v) is 4.86. The van der Waals surface area contributed by atoms with Crippen LogP contribution in [0.2, 0.25) is 0 Å². The number of fused-ring (bicyclic) bond motifs is 2. The van der Waals surface area contributed by atoms with Crippen molar-refractivity contribution in [3.63, 3.8) is 0 Å². The summed E-state index contributed by atoms with van der Waals surface area (Å²) >= 11 is 0. The second kappa shape index (κ2) is 4.90. The SMILES string of the molecule is [C-]#[N+]C1CC[C@@H]2CN1C(=O)N2OCc1ccccc1. The first-order valence-corrected chi connectivity index (χ1v) is 6.43. The van der Waals surface area contributed by atoms with Crippen molar-refractivity contribution >= 4 is 6.03 Å². The van der Waals surface area contributed by atoms with E-state index >= 15 is 0 Å². The standard InChI is InChI=1S/C14H15N3O2/c1-15-13-8-7-12-9-16(13)14(18)17(12)19-10-11-5-3-2-4-6-11/h2-6,12-13H,7-10H2/t12-,13?/m1/s1. The van der Waals surface area contributed by atoms with Crippen LogP contribution in [0, 0.1) is 6.57 Å². The van der Waals surface area contributed by atoms with Crippen LogP contribution in [0.3, 0.4) is 0 Å². The Morgan fingerprint density at radius 3 is 2.84 bits per heavy atom. The van der Waals surface area contributed by atoms with E-state index < -0.39 is 0 Å². The predicted molar refractivity (Wildman–Crippen MR) is 68.6 cm³/mol. The van der Waals surface area contributed by atoms with Gasteiger partial charge in [-0.1, -0.05) is 30.3 Å². The average molecular weight is 257 g/mol. The molecule has 0 saturated carbocycles. The third kappa shape index (κ3) is 2.15. The third-order valence-corrected chi connectivity index (χ3v) is 3.65. The lowest BCUT2D eigenvalue weighted by Gasteiger charge is -2.22. The molecule has 2 atom stereocenters. The van der Waals surface area contributed by atoms with Crippen molar-refractivity contribution in [2.45, 2.75) is 31.7 Å². The molecule has 1 unspecified atom stereocenters. The molecule has 19 heavy (non-hydrogen) atoms. The second-order valence-electron chi connectivity index (χ2n) is 4.86. The maximum absolute atomic E-state index is 12.2. The van der Waals surface area contributed by atoms with Crippen molar-refractivity contribution in [3.05, 3.63) is 47.3 Å². The number of piperidine rings is 1. The van der Waals surface area contributed by atoms with Gasteiger partial charge in [0.25, 0.3) is 0 Å². The first-order chi connectivity index (χ1) is 9.29. The molecule has 5 heteroatoms. The summed E-state index contributed by atoms with van der Waals surface area (Å²) in [6, 6.07) is 9.70. The molecule has 0 radical (unpaired) electrons. The van der Waals surface area contributed by atoms with Crippen LogP contribution in [0.1, 0.15) is 18.4 Å². The van der Waals surface area contributed by atoms with Gasteiger partial charge in [0.05, 0.1) is 12.6 Å². The Hall–Kier alpha value is -2.06. The summed E-state index contributed by atoms with van der Waals surface area (Å²) in [7, 11) is 0. The van der Waals surface area contributed by atoms with Crippen molar-refractivity contribution in [1.82, 2.24) is 9.96 Å². The van der Waals surface area contributed by atoms with Crippen LogP contribution >= 0.6 is 0 Å². The van der Waals surface area contributed by atoms with E-state index in [1.54, 1.807) is 4.90 Å². The lowest BCUT2D eigenvalue weighted by molar-refractivity contribution is -0.140. The Bertz CT molecular complexity index is 511. The zero-order chi connectivity index (χ0) is 13.2. The summed E-state index contributed by atoms with van der Waals surface area (Å²) < 4.78 is 0.